The third kappa shape index (κ3) is 9.39. The van der Waals surface area contributed by atoms with Gasteiger partial charge in [0.25, 0.3) is 5.56 Å². The van der Waals surface area contributed by atoms with Gasteiger partial charge in [-0.3, -0.25) is 9.63 Å². The van der Waals surface area contributed by atoms with E-state index < -0.39 is 7.81 Å². The van der Waals surface area contributed by atoms with E-state index in [1.54, 1.807) is 18.3 Å². The van der Waals surface area contributed by atoms with Crippen molar-refractivity contribution in [1.82, 2.24) is 9.63 Å². The Morgan fingerprint density at radius 3 is 2.00 bits per heavy atom. The van der Waals surface area contributed by atoms with Crippen molar-refractivity contribution in [3.05, 3.63) is 34.7 Å². The number of amidine groups is 1. The first-order valence-corrected chi connectivity index (χ1v) is 8.88. The summed E-state index contributed by atoms with van der Waals surface area (Å²) in [4.78, 5) is 19.4. The number of aromatic nitrogens is 1. The monoisotopic (exact) mass is 381 g/mol. The molecule has 0 radical (unpaired) electrons. The normalized spacial score (nSPS) is 17.2. The molecule has 0 saturated carbocycles. The molecule has 5 nitrogen and oxygen atoms in total. The van der Waals surface area contributed by atoms with Crippen molar-refractivity contribution in [2.45, 2.75) is 12.8 Å². The molecular formula is C12H18F6N3O2P. The molecule has 0 aromatic carbocycles. The average molecular weight is 381 g/mol. The number of hydrogen-bond acceptors (Lipinski definition) is 2. The third-order valence-electron chi connectivity index (χ3n) is 2.73. The Kier molecular flexibility index (Phi) is 5.30. The summed E-state index contributed by atoms with van der Waals surface area (Å²) < 4.78 is 62.3. The van der Waals surface area contributed by atoms with Crippen molar-refractivity contribution in [2.75, 3.05) is 27.2 Å². The van der Waals surface area contributed by atoms with Crippen LogP contribution in [0.25, 0.3) is 0 Å². The van der Waals surface area contributed by atoms with Gasteiger partial charge in [0.2, 0.25) is 0 Å². The Labute approximate surface area is 133 Å². The Morgan fingerprint density at radius 1 is 1.08 bits per heavy atom. The molecule has 0 spiro atoms. The number of likely N-dealkylation sites (tertiary alicyclic amines) is 1. The van der Waals surface area contributed by atoms with E-state index in [0.29, 0.717) is 0 Å². The summed E-state index contributed by atoms with van der Waals surface area (Å²) in [6, 6.07) is 5.68. The van der Waals surface area contributed by atoms with E-state index in [2.05, 4.69) is 4.90 Å². The van der Waals surface area contributed by atoms with Gasteiger partial charge in [-0.2, -0.15) is 0 Å². The second kappa shape index (κ2) is 6.27. The van der Waals surface area contributed by atoms with E-state index in [1.165, 1.54) is 23.6 Å². The maximum absolute atomic E-state index is 11.6. The molecule has 1 aromatic heterocycles. The van der Waals surface area contributed by atoms with Gasteiger partial charge in [0.15, 0.2) is 0 Å². The first-order chi connectivity index (χ1) is 10.6. The molecule has 0 atom stereocenters. The number of pyridine rings is 1. The third-order valence-corrected chi connectivity index (χ3v) is 2.73. The first-order valence-electron chi connectivity index (χ1n) is 6.85. The van der Waals surface area contributed by atoms with Gasteiger partial charge >= 0.3 is 39.0 Å². The minimum absolute atomic E-state index is 0.161. The quantitative estimate of drug-likeness (QED) is 0.246. The predicted molar refractivity (Wildman–Crippen MR) is 78.8 cm³/mol. The Bertz CT molecular complexity index is 649. The number of rotatable bonds is 1. The van der Waals surface area contributed by atoms with Crippen LogP contribution in [-0.4, -0.2) is 47.4 Å². The Hall–Kier alpha value is -1.77. The molecule has 0 unspecified atom stereocenters. The van der Waals surface area contributed by atoms with E-state index in [4.69, 9.17) is 4.84 Å². The van der Waals surface area contributed by atoms with E-state index in [-0.39, 0.29) is 5.56 Å². The zero-order valence-corrected chi connectivity index (χ0v) is 13.9. The Morgan fingerprint density at radius 2 is 1.58 bits per heavy atom. The van der Waals surface area contributed by atoms with Gasteiger partial charge in [0.05, 0.1) is 27.2 Å². The molecule has 2 heterocycles. The summed E-state index contributed by atoms with van der Waals surface area (Å²) in [7, 11) is -6.82. The summed E-state index contributed by atoms with van der Waals surface area (Å²) in [6.07, 6.45) is 3.97. The zero-order chi connectivity index (χ0) is 18.7. The van der Waals surface area contributed by atoms with Crippen molar-refractivity contribution in [3.8, 4) is 0 Å². The Balaban J connectivity index is 0.000000351. The summed E-state index contributed by atoms with van der Waals surface area (Å²) in [5, 5.41) is 0. The fraction of sp³-hybridized carbons (Fsp3) is 0.500. The summed E-state index contributed by atoms with van der Waals surface area (Å²) >= 11 is 0. The zero-order valence-electron chi connectivity index (χ0n) is 13.0. The maximum atomic E-state index is 11.6. The van der Waals surface area contributed by atoms with Gasteiger partial charge in [-0.15, -0.1) is 4.73 Å². The van der Waals surface area contributed by atoms with Crippen molar-refractivity contribution in [1.29, 1.82) is 0 Å². The summed E-state index contributed by atoms with van der Waals surface area (Å²) in [5.74, 6) is 0. The van der Waals surface area contributed by atoms with Crippen molar-refractivity contribution < 1.29 is 34.6 Å². The molecule has 140 valence electrons. The standard InChI is InChI=1S/C12H18N3O2.F6P/c1-13(2)12(14-8-5-6-9-14)17-15-10-4-3-7-11(15)16;1-7(2,3,4,5)6/h3-4,7,10H,5-6,8-9H2,1-2H3;/q+1;-1. The molecule has 0 bridgehead atoms. The van der Waals surface area contributed by atoms with Crippen LogP contribution >= 0.6 is 7.81 Å². The average Bonchev–Trinajstić information content (AvgIpc) is 2.87. The van der Waals surface area contributed by atoms with Crippen LogP contribution in [0.3, 0.4) is 0 Å². The van der Waals surface area contributed by atoms with Crippen LogP contribution in [-0.2, 0) is 0 Å². The minimum atomic E-state index is -10.7. The van der Waals surface area contributed by atoms with Crippen LogP contribution in [0.1, 0.15) is 12.8 Å². The number of halogens is 6. The fourth-order valence-electron chi connectivity index (χ4n) is 1.91. The van der Waals surface area contributed by atoms with Crippen LogP contribution in [0.15, 0.2) is 29.2 Å². The van der Waals surface area contributed by atoms with E-state index in [1.807, 2.05) is 18.7 Å². The van der Waals surface area contributed by atoms with Gasteiger partial charge in [-0.05, 0) is 18.9 Å². The molecule has 1 fully saturated rings. The number of nitrogens with zero attached hydrogens (tertiary/aromatic N) is 3. The van der Waals surface area contributed by atoms with Gasteiger partial charge in [0.1, 0.15) is 0 Å². The van der Waals surface area contributed by atoms with Gasteiger partial charge < -0.3 is 0 Å². The molecule has 24 heavy (non-hydrogen) atoms. The van der Waals surface area contributed by atoms with Crippen LogP contribution in [0, 0.1) is 0 Å². The molecule has 0 amide bonds. The second-order valence-electron chi connectivity index (χ2n) is 5.29. The fourth-order valence-corrected chi connectivity index (χ4v) is 1.91. The van der Waals surface area contributed by atoms with E-state index >= 15 is 0 Å². The molecular weight excluding hydrogens is 363 g/mol. The van der Waals surface area contributed by atoms with Crippen molar-refractivity contribution >= 4 is 13.8 Å². The summed E-state index contributed by atoms with van der Waals surface area (Å²) in [6.45, 7) is 1.96. The van der Waals surface area contributed by atoms with Crippen LogP contribution < -0.4 is 10.4 Å². The molecule has 0 aliphatic carbocycles. The van der Waals surface area contributed by atoms with Crippen molar-refractivity contribution in [2.24, 2.45) is 0 Å². The SMILES string of the molecule is C[N+](C)=C(On1ccccc1=O)N1CCCC1.F[P-](F)(F)(F)(F)F. The van der Waals surface area contributed by atoms with E-state index in [0.717, 1.165) is 19.1 Å². The van der Waals surface area contributed by atoms with E-state index in [9.17, 15) is 30.0 Å². The summed E-state index contributed by atoms with van der Waals surface area (Å²) in [5.41, 5.74) is -0.161. The van der Waals surface area contributed by atoms with Gasteiger partial charge in [-0.25, -0.2) is 9.48 Å². The van der Waals surface area contributed by atoms with Gasteiger partial charge in [0, 0.05) is 12.3 Å². The molecule has 12 heteroatoms. The molecule has 1 aliphatic heterocycles. The van der Waals surface area contributed by atoms with Crippen LogP contribution in [0.4, 0.5) is 25.2 Å². The first kappa shape index (κ1) is 20.3. The predicted octanol–water partition coefficient (Wildman–Crippen LogP) is 3.38. The van der Waals surface area contributed by atoms with Crippen LogP contribution in [0.2, 0.25) is 0 Å². The topological polar surface area (TPSA) is 37.5 Å². The molecule has 1 saturated heterocycles. The molecule has 2 rings (SSSR count). The van der Waals surface area contributed by atoms with Gasteiger partial charge in [-0.1, -0.05) is 6.07 Å². The molecule has 0 N–H and O–H groups in total. The molecule has 1 aliphatic rings. The number of hydrogen-bond donors (Lipinski definition) is 0. The van der Waals surface area contributed by atoms with Crippen LogP contribution in [0.5, 0.6) is 0 Å². The van der Waals surface area contributed by atoms with Crippen molar-refractivity contribution in [3.63, 3.8) is 0 Å². The molecule has 1 aromatic rings. The second-order valence-corrected chi connectivity index (χ2v) is 7.20.